The number of halogens is 2. The molecule has 2 N–H and O–H groups in total. The number of anilines is 1. The average molecular weight is 270 g/mol. The maximum absolute atomic E-state index is 13.0. The van der Waals surface area contributed by atoms with Gasteiger partial charge < -0.3 is 15.3 Å². The second-order valence-corrected chi connectivity index (χ2v) is 4.67. The lowest BCUT2D eigenvalue weighted by Crippen LogP contribution is -2.41. The van der Waals surface area contributed by atoms with E-state index in [1.54, 1.807) is 4.90 Å². The fourth-order valence-corrected chi connectivity index (χ4v) is 2.10. The van der Waals surface area contributed by atoms with E-state index in [1.807, 2.05) is 0 Å². The Kier molecular flexibility index (Phi) is 4.31. The Hall–Kier alpha value is -1.69. The van der Waals surface area contributed by atoms with Gasteiger partial charge in [-0.1, -0.05) is 0 Å². The van der Waals surface area contributed by atoms with Gasteiger partial charge in [-0.3, -0.25) is 0 Å². The fourth-order valence-electron chi connectivity index (χ4n) is 2.10. The highest BCUT2D eigenvalue weighted by Crippen LogP contribution is 2.18. The van der Waals surface area contributed by atoms with E-state index in [9.17, 15) is 13.6 Å². The average Bonchev–Trinajstić information content (AvgIpc) is 2.43. The molecule has 0 atom stereocenters. The van der Waals surface area contributed by atoms with Gasteiger partial charge in [-0.05, 0) is 30.9 Å². The highest BCUT2D eigenvalue weighted by Gasteiger charge is 2.22. The molecule has 2 amide bonds. The lowest BCUT2D eigenvalue weighted by molar-refractivity contribution is 0.143. The SMILES string of the molecule is O=C(Nc1ccc(F)c(F)c1)N1CCC(CO)CC1. The third kappa shape index (κ3) is 3.41. The van der Waals surface area contributed by atoms with E-state index >= 15 is 0 Å². The van der Waals surface area contributed by atoms with Gasteiger partial charge in [-0.25, -0.2) is 13.6 Å². The molecule has 1 aromatic rings. The molecule has 6 heteroatoms. The summed E-state index contributed by atoms with van der Waals surface area (Å²) in [6.45, 7) is 1.25. The van der Waals surface area contributed by atoms with E-state index < -0.39 is 11.6 Å². The van der Waals surface area contributed by atoms with Gasteiger partial charge in [0.15, 0.2) is 11.6 Å². The van der Waals surface area contributed by atoms with Crippen LogP contribution in [-0.4, -0.2) is 35.7 Å². The summed E-state index contributed by atoms with van der Waals surface area (Å²) < 4.78 is 25.8. The Morgan fingerprint density at radius 1 is 1.32 bits per heavy atom. The molecule has 19 heavy (non-hydrogen) atoms. The summed E-state index contributed by atoms with van der Waals surface area (Å²) in [4.78, 5) is 13.5. The van der Waals surface area contributed by atoms with Crippen LogP contribution >= 0.6 is 0 Å². The molecule has 1 saturated heterocycles. The van der Waals surface area contributed by atoms with Crippen molar-refractivity contribution in [1.82, 2.24) is 4.90 Å². The van der Waals surface area contributed by atoms with Crippen molar-refractivity contribution in [2.45, 2.75) is 12.8 Å². The lowest BCUT2D eigenvalue weighted by Gasteiger charge is -2.31. The lowest BCUT2D eigenvalue weighted by atomic mass is 9.98. The number of hydrogen-bond donors (Lipinski definition) is 2. The molecule has 0 saturated carbocycles. The normalized spacial score (nSPS) is 16.5. The molecule has 1 heterocycles. The smallest absolute Gasteiger partial charge is 0.321 e. The van der Waals surface area contributed by atoms with Crippen LogP contribution in [0.2, 0.25) is 0 Å². The second kappa shape index (κ2) is 5.97. The summed E-state index contributed by atoms with van der Waals surface area (Å²) >= 11 is 0. The molecule has 0 unspecified atom stereocenters. The zero-order chi connectivity index (χ0) is 13.8. The predicted octanol–water partition coefficient (Wildman–Crippen LogP) is 2.20. The van der Waals surface area contributed by atoms with Crippen molar-refractivity contribution < 1.29 is 18.7 Å². The first-order valence-electron chi connectivity index (χ1n) is 6.22. The van der Waals surface area contributed by atoms with Crippen LogP contribution in [-0.2, 0) is 0 Å². The molecule has 4 nitrogen and oxygen atoms in total. The Morgan fingerprint density at radius 3 is 2.58 bits per heavy atom. The number of hydrogen-bond acceptors (Lipinski definition) is 2. The van der Waals surface area contributed by atoms with Crippen LogP contribution in [0.3, 0.4) is 0 Å². The molecule has 1 fully saturated rings. The molecule has 1 aliphatic rings. The monoisotopic (exact) mass is 270 g/mol. The summed E-state index contributed by atoms with van der Waals surface area (Å²) in [7, 11) is 0. The Labute approximate surface area is 110 Å². The van der Waals surface area contributed by atoms with E-state index in [4.69, 9.17) is 5.11 Å². The molecule has 1 aliphatic heterocycles. The van der Waals surface area contributed by atoms with Crippen molar-refractivity contribution >= 4 is 11.7 Å². The van der Waals surface area contributed by atoms with E-state index in [2.05, 4.69) is 5.32 Å². The number of urea groups is 1. The number of piperidine rings is 1. The molecule has 0 spiro atoms. The van der Waals surface area contributed by atoms with Gasteiger partial charge in [0.05, 0.1) is 0 Å². The zero-order valence-electron chi connectivity index (χ0n) is 10.4. The fraction of sp³-hybridized carbons (Fsp3) is 0.462. The number of carbonyl (C=O) groups excluding carboxylic acids is 1. The van der Waals surface area contributed by atoms with Gasteiger partial charge in [-0.2, -0.15) is 0 Å². The first kappa shape index (κ1) is 13.7. The topological polar surface area (TPSA) is 52.6 Å². The van der Waals surface area contributed by atoms with Crippen molar-refractivity contribution in [2.24, 2.45) is 5.92 Å². The molecule has 2 rings (SSSR count). The number of aliphatic hydroxyl groups excluding tert-OH is 1. The number of aliphatic hydroxyl groups is 1. The van der Waals surface area contributed by atoms with Crippen LogP contribution in [0.5, 0.6) is 0 Å². The number of amides is 2. The minimum Gasteiger partial charge on any atom is -0.396 e. The summed E-state index contributed by atoms with van der Waals surface area (Å²) in [6, 6.07) is 2.91. The minimum atomic E-state index is -0.989. The first-order chi connectivity index (χ1) is 9.10. The summed E-state index contributed by atoms with van der Waals surface area (Å²) in [5, 5.41) is 11.5. The van der Waals surface area contributed by atoms with E-state index in [0.29, 0.717) is 13.1 Å². The van der Waals surface area contributed by atoms with Gasteiger partial charge in [0.2, 0.25) is 0 Å². The largest absolute Gasteiger partial charge is 0.396 e. The number of likely N-dealkylation sites (tertiary alicyclic amines) is 1. The molecular weight excluding hydrogens is 254 g/mol. The third-order valence-corrected chi connectivity index (χ3v) is 3.33. The van der Waals surface area contributed by atoms with Gasteiger partial charge in [0.25, 0.3) is 0 Å². The summed E-state index contributed by atoms with van der Waals surface area (Å²) in [5.74, 6) is -1.69. The highest BCUT2D eigenvalue weighted by atomic mass is 19.2. The summed E-state index contributed by atoms with van der Waals surface area (Å²) in [6.07, 6.45) is 1.50. The van der Waals surface area contributed by atoms with Gasteiger partial charge in [0, 0.05) is 31.5 Å². The van der Waals surface area contributed by atoms with Crippen LogP contribution in [0.4, 0.5) is 19.3 Å². The molecule has 0 radical (unpaired) electrons. The Morgan fingerprint density at radius 2 is 2.00 bits per heavy atom. The number of nitrogens with zero attached hydrogens (tertiary/aromatic N) is 1. The van der Waals surface area contributed by atoms with Gasteiger partial charge >= 0.3 is 6.03 Å². The van der Waals surface area contributed by atoms with Crippen molar-refractivity contribution in [1.29, 1.82) is 0 Å². The summed E-state index contributed by atoms with van der Waals surface area (Å²) in [5.41, 5.74) is 0.230. The number of carbonyl (C=O) groups is 1. The van der Waals surface area contributed by atoms with E-state index in [0.717, 1.165) is 25.0 Å². The van der Waals surface area contributed by atoms with Gasteiger partial charge in [0.1, 0.15) is 0 Å². The van der Waals surface area contributed by atoms with Crippen LogP contribution in [0.15, 0.2) is 18.2 Å². The van der Waals surface area contributed by atoms with E-state index in [1.165, 1.54) is 6.07 Å². The molecule has 104 valence electrons. The second-order valence-electron chi connectivity index (χ2n) is 4.67. The third-order valence-electron chi connectivity index (χ3n) is 3.33. The van der Waals surface area contributed by atoms with Crippen molar-refractivity contribution in [3.63, 3.8) is 0 Å². The highest BCUT2D eigenvalue weighted by molar-refractivity contribution is 5.89. The molecule has 0 aromatic heterocycles. The van der Waals surface area contributed by atoms with E-state index in [-0.39, 0.29) is 24.2 Å². The molecule has 1 aromatic carbocycles. The zero-order valence-corrected chi connectivity index (χ0v) is 10.4. The number of nitrogens with one attached hydrogen (secondary N) is 1. The standard InChI is InChI=1S/C13H16F2N2O2/c14-11-2-1-10(7-12(11)15)16-13(19)17-5-3-9(8-18)4-6-17/h1-2,7,9,18H,3-6,8H2,(H,16,19). The maximum atomic E-state index is 13.0. The van der Waals surface area contributed by atoms with Crippen LogP contribution < -0.4 is 5.32 Å². The Balaban J connectivity index is 1.92. The minimum absolute atomic E-state index is 0.138. The first-order valence-corrected chi connectivity index (χ1v) is 6.22. The number of benzene rings is 1. The molecule has 0 bridgehead atoms. The van der Waals surface area contributed by atoms with Crippen molar-refractivity contribution in [3.8, 4) is 0 Å². The van der Waals surface area contributed by atoms with Crippen LogP contribution in [0.1, 0.15) is 12.8 Å². The van der Waals surface area contributed by atoms with Crippen LogP contribution in [0, 0.1) is 17.6 Å². The van der Waals surface area contributed by atoms with Crippen molar-refractivity contribution in [3.05, 3.63) is 29.8 Å². The number of rotatable bonds is 2. The van der Waals surface area contributed by atoms with Gasteiger partial charge in [-0.15, -0.1) is 0 Å². The molecule has 0 aliphatic carbocycles. The molecular formula is C13H16F2N2O2. The quantitative estimate of drug-likeness (QED) is 0.865. The maximum Gasteiger partial charge on any atom is 0.321 e. The Bertz CT molecular complexity index is 460. The van der Waals surface area contributed by atoms with Crippen LogP contribution in [0.25, 0.3) is 0 Å². The van der Waals surface area contributed by atoms with Crippen molar-refractivity contribution in [2.75, 3.05) is 25.0 Å². The predicted molar refractivity (Wildman–Crippen MR) is 66.8 cm³/mol.